The Hall–Kier alpha value is -2.11. The molecule has 0 bridgehead atoms. The minimum absolute atomic E-state index is 0.102. The van der Waals surface area contributed by atoms with Crippen LogP contribution in [0, 0.1) is 0 Å². The minimum atomic E-state index is -0.449. The zero-order valence-corrected chi connectivity index (χ0v) is 9.65. The number of nitrogens with zero attached hydrogens (tertiary/aromatic N) is 1. The highest BCUT2D eigenvalue weighted by Crippen LogP contribution is 2.26. The van der Waals surface area contributed by atoms with Crippen molar-refractivity contribution in [3.8, 4) is 0 Å². The van der Waals surface area contributed by atoms with E-state index in [1.165, 1.54) is 0 Å². The lowest BCUT2D eigenvalue weighted by Crippen LogP contribution is -2.37. The van der Waals surface area contributed by atoms with Gasteiger partial charge >= 0.3 is 0 Å². The van der Waals surface area contributed by atoms with Crippen molar-refractivity contribution in [1.29, 1.82) is 0 Å². The van der Waals surface area contributed by atoms with Crippen LogP contribution in [0.25, 0.3) is 0 Å². The smallest absolute Gasteiger partial charge is 0.246 e. The lowest BCUT2D eigenvalue weighted by Gasteiger charge is -2.24. The molecule has 17 heavy (non-hydrogen) atoms. The molecule has 2 rings (SSSR count). The summed E-state index contributed by atoms with van der Waals surface area (Å²) in [5, 5.41) is 5.69. The first-order valence-corrected chi connectivity index (χ1v) is 5.36. The molecule has 1 aromatic rings. The van der Waals surface area contributed by atoms with Gasteiger partial charge in [-0.2, -0.15) is 0 Å². The molecule has 0 spiro atoms. The van der Waals surface area contributed by atoms with Gasteiger partial charge in [-0.25, -0.2) is 4.98 Å². The molecule has 4 N–H and O–H groups in total. The summed E-state index contributed by atoms with van der Waals surface area (Å²) in [5.74, 6) is -0.405. The molecule has 0 saturated carbocycles. The van der Waals surface area contributed by atoms with E-state index < -0.39 is 11.8 Å². The van der Waals surface area contributed by atoms with E-state index in [4.69, 9.17) is 5.73 Å². The summed E-state index contributed by atoms with van der Waals surface area (Å²) < 4.78 is 0. The normalized spacial score (nSPS) is 19.9. The van der Waals surface area contributed by atoms with Gasteiger partial charge in [0.2, 0.25) is 11.8 Å². The quantitative estimate of drug-likeness (QED) is 0.691. The van der Waals surface area contributed by atoms with Crippen LogP contribution in [0.1, 0.15) is 25.5 Å². The molecule has 0 saturated heterocycles. The number of hydrogen-bond acceptors (Lipinski definition) is 4. The third-order valence-electron chi connectivity index (χ3n) is 2.79. The molecular formula is C11H14N4O2. The highest BCUT2D eigenvalue weighted by atomic mass is 16.2. The highest BCUT2D eigenvalue weighted by molar-refractivity contribution is 6.01. The van der Waals surface area contributed by atoms with Crippen LogP contribution in [0.5, 0.6) is 0 Å². The first kappa shape index (κ1) is 11.4. The Bertz CT molecular complexity index is 486. The third kappa shape index (κ3) is 2.06. The summed E-state index contributed by atoms with van der Waals surface area (Å²) in [6.07, 6.45) is 0. The average molecular weight is 234 g/mol. The maximum atomic E-state index is 11.4. The van der Waals surface area contributed by atoms with Crippen molar-refractivity contribution >= 4 is 23.3 Å². The first-order chi connectivity index (χ1) is 7.99. The van der Waals surface area contributed by atoms with E-state index in [1.54, 1.807) is 26.0 Å². The molecule has 2 heterocycles. The number of fused-ring (bicyclic) bond motifs is 1. The van der Waals surface area contributed by atoms with Crippen LogP contribution < -0.4 is 16.4 Å². The van der Waals surface area contributed by atoms with Crippen LogP contribution in [0.3, 0.4) is 0 Å². The van der Waals surface area contributed by atoms with Gasteiger partial charge in [0.15, 0.2) is 5.82 Å². The van der Waals surface area contributed by atoms with Crippen LogP contribution in [0.15, 0.2) is 12.1 Å². The molecule has 1 aliphatic heterocycles. The second kappa shape index (κ2) is 4.04. The summed E-state index contributed by atoms with van der Waals surface area (Å²) in [6.45, 7) is 3.44. The van der Waals surface area contributed by atoms with E-state index >= 15 is 0 Å². The van der Waals surface area contributed by atoms with Crippen LogP contribution >= 0.6 is 0 Å². The number of amides is 2. The van der Waals surface area contributed by atoms with E-state index in [0.717, 1.165) is 0 Å². The van der Waals surface area contributed by atoms with Crippen molar-refractivity contribution in [2.45, 2.75) is 25.8 Å². The second-order valence-electron chi connectivity index (χ2n) is 4.11. The number of hydrogen-bond donors (Lipinski definition) is 3. The molecule has 1 aromatic heterocycles. The Morgan fingerprint density at radius 2 is 2.24 bits per heavy atom. The van der Waals surface area contributed by atoms with E-state index in [1.807, 2.05) is 0 Å². The van der Waals surface area contributed by atoms with E-state index in [2.05, 4.69) is 15.6 Å². The van der Waals surface area contributed by atoms with Crippen LogP contribution in [0.4, 0.5) is 11.5 Å². The van der Waals surface area contributed by atoms with Gasteiger partial charge in [0, 0.05) is 0 Å². The predicted octanol–water partition coefficient (Wildman–Crippen LogP) is 0.423. The number of primary amides is 1. The zero-order valence-electron chi connectivity index (χ0n) is 9.65. The fourth-order valence-corrected chi connectivity index (χ4v) is 1.58. The molecule has 0 fully saturated rings. The van der Waals surface area contributed by atoms with Gasteiger partial charge < -0.3 is 16.4 Å². The number of pyridine rings is 1. The van der Waals surface area contributed by atoms with Crippen LogP contribution in [-0.2, 0) is 9.59 Å². The van der Waals surface area contributed by atoms with Crippen LogP contribution in [-0.4, -0.2) is 22.8 Å². The molecule has 0 aromatic carbocycles. The van der Waals surface area contributed by atoms with Crippen molar-refractivity contribution in [1.82, 2.24) is 4.98 Å². The van der Waals surface area contributed by atoms with Gasteiger partial charge in [-0.3, -0.25) is 9.59 Å². The van der Waals surface area contributed by atoms with Gasteiger partial charge in [-0.1, -0.05) is 0 Å². The number of anilines is 2. The second-order valence-corrected chi connectivity index (χ2v) is 4.11. The molecule has 0 aliphatic carbocycles. The third-order valence-corrected chi connectivity index (χ3v) is 2.79. The Morgan fingerprint density at radius 1 is 1.53 bits per heavy atom. The highest BCUT2D eigenvalue weighted by Gasteiger charge is 2.23. The lowest BCUT2D eigenvalue weighted by molar-refractivity contribution is -0.119. The maximum Gasteiger partial charge on any atom is 0.246 e. The Morgan fingerprint density at radius 3 is 2.88 bits per heavy atom. The van der Waals surface area contributed by atoms with Crippen molar-refractivity contribution in [2.24, 2.45) is 5.73 Å². The topological polar surface area (TPSA) is 97.1 Å². The molecule has 6 heteroatoms. The number of rotatable bonds is 2. The number of carbonyl (C=O) groups excluding carboxylic acids is 2. The van der Waals surface area contributed by atoms with E-state index in [-0.39, 0.29) is 11.9 Å². The van der Waals surface area contributed by atoms with Crippen molar-refractivity contribution in [2.75, 3.05) is 10.6 Å². The van der Waals surface area contributed by atoms with Gasteiger partial charge in [-0.15, -0.1) is 0 Å². The van der Waals surface area contributed by atoms with Crippen molar-refractivity contribution < 1.29 is 9.59 Å². The Kier molecular flexibility index (Phi) is 2.71. The van der Waals surface area contributed by atoms with Crippen molar-refractivity contribution in [3.05, 3.63) is 17.8 Å². The summed E-state index contributed by atoms with van der Waals surface area (Å²) >= 11 is 0. The Labute approximate surface area is 98.6 Å². The first-order valence-electron chi connectivity index (χ1n) is 5.36. The zero-order chi connectivity index (χ0) is 12.6. The predicted molar refractivity (Wildman–Crippen MR) is 63.6 cm³/mol. The fourth-order valence-electron chi connectivity index (χ4n) is 1.58. The summed E-state index contributed by atoms with van der Waals surface area (Å²) in [6, 6.07) is 3.06. The molecule has 1 aliphatic rings. The summed E-state index contributed by atoms with van der Waals surface area (Å²) in [5.41, 5.74) is 6.43. The maximum absolute atomic E-state index is 11.4. The fraction of sp³-hybridized carbons (Fsp3) is 0.364. The summed E-state index contributed by atoms with van der Waals surface area (Å²) in [4.78, 5) is 26.8. The van der Waals surface area contributed by atoms with Gasteiger partial charge in [0.05, 0.1) is 17.3 Å². The minimum Gasteiger partial charge on any atom is -0.369 e. The monoisotopic (exact) mass is 234 g/mol. The van der Waals surface area contributed by atoms with E-state index in [0.29, 0.717) is 17.2 Å². The molecule has 90 valence electrons. The number of carbonyl (C=O) groups is 2. The number of aromatic nitrogens is 1. The molecule has 2 atom stereocenters. The van der Waals surface area contributed by atoms with E-state index in [9.17, 15) is 9.59 Å². The molecule has 0 radical (unpaired) electrons. The molecule has 1 unspecified atom stereocenters. The molecule has 2 amide bonds. The van der Waals surface area contributed by atoms with Gasteiger partial charge in [0.25, 0.3) is 0 Å². The molecule has 6 nitrogen and oxygen atoms in total. The van der Waals surface area contributed by atoms with Gasteiger partial charge in [0.1, 0.15) is 6.04 Å². The lowest BCUT2D eigenvalue weighted by atomic mass is 10.1. The largest absolute Gasteiger partial charge is 0.369 e. The SMILES string of the molecule is CC(C(N)=O)c1ccc2c(n1)N[C@@H](C)C(=O)N2. The number of nitrogens with one attached hydrogen (secondary N) is 2. The Balaban J connectivity index is 2.35. The standard InChI is InChI=1S/C11H14N4O2/c1-5(9(12)16)7-3-4-8-10(14-7)13-6(2)11(17)15-8/h3-6H,1-2H3,(H2,12,16)(H,13,14)(H,15,17)/t5?,6-/m0/s1. The number of nitrogens with two attached hydrogens (primary N) is 1. The van der Waals surface area contributed by atoms with Crippen LogP contribution in [0.2, 0.25) is 0 Å². The van der Waals surface area contributed by atoms with Gasteiger partial charge in [-0.05, 0) is 26.0 Å². The summed E-state index contributed by atoms with van der Waals surface area (Å²) in [7, 11) is 0. The van der Waals surface area contributed by atoms with Crippen molar-refractivity contribution in [3.63, 3.8) is 0 Å². The molecular weight excluding hydrogens is 220 g/mol. The average Bonchev–Trinajstić information content (AvgIpc) is 2.29.